The number of aliphatic hydroxyl groups excluding tert-OH is 1. The fourth-order valence-corrected chi connectivity index (χ4v) is 2.24. The lowest BCUT2D eigenvalue weighted by molar-refractivity contribution is -0.0309. The first-order valence-corrected chi connectivity index (χ1v) is 5.67. The number of carbonyl (C=O) groups excluding carboxylic acids is 1. The standard InChI is InChI=1S/C12H18N2O2/c1-12(2)10(15)6-4-8-14(12)11(16)9-5-3-7-13-9/h3,5,7,10,13,15H,4,6,8H2,1-2H3. The zero-order chi connectivity index (χ0) is 11.8. The van der Waals surface area contributed by atoms with Gasteiger partial charge in [0.25, 0.3) is 5.91 Å². The number of rotatable bonds is 1. The van der Waals surface area contributed by atoms with Crippen LogP contribution in [0.5, 0.6) is 0 Å². The third-order valence-corrected chi connectivity index (χ3v) is 3.44. The predicted molar refractivity (Wildman–Crippen MR) is 61.1 cm³/mol. The summed E-state index contributed by atoms with van der Waals surface area (Å²) < 4.78 is 0. The highest BCUT2D eigenvalue weighted by molar-refractivity contribution is 5.93. The second-order valence-corrected chi connectivity index (χ2v) is 4.85. The summed E-state index contributed by atoms with van der Waals surface area (Å²) in [7, 11) is 0. The molecule has 2 rings (SSSR count). The van der Waals surface area contributed by atoms with Gasteiger partial charge in [-0.1, -0.05) is 0 Å². The van der Waals surface area contributed by atoms with Crippen molar-refractivity contribution in [2.75, 3.05) is 6.54 Å². The molecule has 1 aromatic rings. The summed E-state index contributed by atoms with van der Waals surface area (Å²) in [5.74, 6) is -0.0336. The third kappa shape index (κ3) is 1.73. The fraction of sp³-hybridized carbons (Fsp3) is 0.583. The van der Waals surface area contributed by atoms with Crippen LogP contribution in [0.2, 0.25) is 0 Å². The Labute approximate surface area is 95.3 Å². The lowest BCUT2D eigenvalue weighted by Crippen LogP contribution is -2.58. The molecule has 0 radical (unpaired) electrons. The van der Waals surface area contributed by atoms with E-state index in [9.17, 15) is 9.90 Å². The summed E-state index contributed by atoms with van der Waals surface area (Å²) in [6, 6.07) is 3.57. The minimum absolute atomic E-state index is 0.0336. The number of piperidine rings is 1. The van der Waals surface area contributed by atoms with E-state index >= 15 is 0 Å². The smallest absolute Gasteiger partial charge is 0.270 e. The average Bonchev–Trinajstić information content (AvgIpc) is 2.74. The zero-order valence-corrected chi connectivity index (χ0v) is 9.73. The van der Waals surface area contributed by atoms with Crippen molar-refractivity contribution in [2.45, 2.75) is 38.3 Å². The summed E-state index contributed by atoms with van der Waals surface area (Å²) in [5.41, 5.74) is 0.0997. The van der Waals surface area contributed by atoms with Crippen LogP contribution >= 0.6 is 0 Å². The first-order chi connectivity index (χ1) is 7.53. The van der Waals surface area contributed by atoms with Crippen molar-refractivity contribution in [3.05, 3.63) is 24.0 Å². The van der Waals surface area contributed by atoms with Crippen LogP contribution in [0, 0.1) is 0 Å². The van der Waals surface area contributed by atoms with E-state index in [-0.39, 0.29) is 5.91 Å². The molecule has 1 fully saturated rings. The van der Waals surface area contributed by atoms with Crippen molar-refractivity contribution in [1.29, 1.82) is 0 Å². The van der Waals surface area contributed by atoms with Gasteiger partial charge < -0.3 is 15.0 Å². The van der Waals surface area contributed by atoms with Crippen molar-refractivity contribution in [3.8, 4) is 0 Å². The van der Waals surface area contributed by atoms with Gasteiger partial charge in [-0.3, -0.25) is 4.79 Å². The van der Waals surface area contributed by atoms with Gasteiger partial charge in [0.05, 0.1) is 11.6 Å². The lowest BCUT2D eigenvalue weighted by atomic mass is 9.87. The van der Waals surface area contributed by atoms with Gasteiger partial charge in [-0.25, -0.2) is 0 Å². The number of nitrogens with one attached hydrogen (secondary N) is 1. The highest BCUT2D eigenvalue weighted by atomic mass is 16.3. The molecule has 4 heteroatoms. The van der Waals surface area contributed by atoms with Crippen LogP contribution in [0.15, 0.2) is 18.3 Å². The normalized spacial score (nSPS) is 24.4. The molecule has 0 spiro atoms. The van der Waals surface area contributed by atoms with Crippen molar-refractivity contribution >= 4 is 5.91 Å². The number of amides is 1. The number of nitrogens with zero attached hydrogens (tertiary/aromatic N) is 1. The Hall–Kier alpha value is -1.29. The van der Waals surface area contributed by atoms with Crippen LogP contribution in [-0.2, 0) is 0 Å². The highest BCUT2D eigenvalue weighted by Gasteiger charge is 2.40. The summed E-state index contributed by atoms with van der Waals surface area (Å²) in [6.45, 7) is 4.54. The van der Waals surface area contributed by atoms with Crippen LogP contribution < -0.4 is 0 Å². The minimum atomic E-state index is -0.486. The molecule has 88 valence electrons. The van der Waals surface area contributed by atoms with Crippen LogP contribution in [0.4, 0.5) is 0 Å². The number of hydrogen-bond donors (Lipinski definition) is 2. The lowest BCUT2D eigenvalue weighted by Gasteiger charge is -2.45. The first kappa shape index (κ1) is 11.2. The van der Waals surface area contributed by atoms with Gasteiger partial charge in [0, 0.05) is 12.7 Å². The predicted octanol–water partition coefficient (Wildman–Crippen LogP) is 1.39. The van der Waals surface area contributed by atoms with E-state index in [1.807, 2.05) is 13.8 Å². The third-order valence-electron chi connectivity index (χ3n) is 3.44. The molecule has 0 aliphatic carbocycles. The molecular weight excluding hydrogens is 204 g/mol. The average molecular weight is 222 g/mol. The van der Waals surface area contributed by atoms with Crippen LogP contribution in [0.25, 0.3) is 0 Å². The highest BCUT2D eigenvalue weighted by Crippen LogP contribution is 2.28. The molecule has 0 aromatic carbocycles. The molecule has 16 heavy (non-hydrogen) atoms. The maximum absolute atomic E-state index is 12.2. The van der Waals surface area contributed by atoms with E-state index in [4.69, 9.17) is 0 Å². The van der Waals surface area contributed by atoms with E-state index in [1.165, 1.54) is 0 Å². The van der Waals surface area contributed by atoms with Crippen LogP contribution in [0.3, 0.4) is 0 Å². The van der Waals surface area contributed by atoms with Crippen molar-refractivity contribution in [3.63, 3.8) is 0 Å². The Kier molecular flexibility index (Phi) is 2.76. The fourth-order valence-electron chi connectivity index (χ4n) is 2.24. The Balaban J connectivity index is 2.23. The molecule has 0 saturated carbocycles. The molecule has 2 heterocycles. The first-order valence-electron chi connectivity index (χ1n) is 5.67. The van der Waals surface area contributed by atoms with Crippen LogP contribution in [-0.4, -0.2) is 39.1 Å². The van der Waals surface area contributed by atoms with E-state index in [0.29, 0.717) is 12.2 Å². The molecule has 1 aromatic heterocycles. The quantitative estimate of drug-likeness (QED) is 0.754. The second kappa shape index (κ2) is 3.94. The van der Waals surface area contributed by atoms with Crippen molar-refractivity contribution in [2.24, 2.45) is 0 Å². The molecule has 2 N–H and O–H groups in total. The second-order valence-electron chi connectivity index (χ2n) is 4.85. The summed E-state index contributed by atoms with van der Waals surface area (Å²) in [4.78, 5) is 16.9. The number of H-pyrrole nitrogens is 1. The maximum Gasteiger partial charge on any atom is 0.270 e. The molecular formula is C12H18N2O2. The number of hydrogen-bond acceptors (Lipinski definition) is 2. The molecule has 4 nitrogen and oxygen atoms in total. The molecule has 0 bridgehead atoms. The molecule has 1 aliphatic heterocycles. The van der Waals surface area contributed by atoms with Gasteiger partial charge in [0.1, 0.15) is 5.69 Å². The largest absolute Gasteiger partial charge is 0.391 e. The number of aromatic amines is 1. The topological polar surface area (TPSA) is 56.3 Å². The van der Waals surface area contributed by atoms with Gasteiger partial charge in [-0.05, 0) is 38.8 Å². The van der Waals surface area contributed by atoms with E-state index in [0.717, 1.165) is 12.8 Å². The Morgan fingerprint density at radius 3 is 3.00 bits per heavy atom. The van der Waals surface area contributed by atoms with Gasteiger partial charge in [0.15, 0.2) is 0 Å². The van der Waals surface area contributed by atoms with E-state index in [1.54, 1.807) is 23.2 Å². The Bertz CT molecular complexity index is 370. The van der Waals surface area contributed by atoms with Gasteiger partial charge in [-0.2, -0.15) is 0 Å². The number of aliphatic hydroxyl groups is 1. The molecule has 1 unspecified atom stereocenters. The number of carbonyl (C=O) groups is 1. The molecule has 1 atom stereocenters. The van der Waals surface area contributed by atoms with Gasteiger partial charge in [0.2, 0.25) is 0 Å². The maximum atomic E-state index is 12.2. The summed E-state index contributed by atoms with van der Waals surface area (Å²) in [6.07, 6.45) is 2.92. The van der Waals surface area contributed by atoms with Gasteiger partial charge in [-0.15, -0.1) is 0 Å². The zero-order valence-electron chi connectivity index (χ0n) is 9.73. The van der Waals surface area contributed by atoms with E-state index < -0.39 is 11.6 Å². The van der Waals surface area contributed by atoms with E-state index in [2.05, 4.69) is 4.98 Å². The Morgan fingerprint density at radius 1 is 1.62 bits per heavy atom. The SMILES string of the molecule is CC1(C)C(O)CCCN1C(=O)c1ccc[nH]1. The molecule has 1 amide bonds. The minimum Gasteiger partial charge on any atom is -0.391 e. The summed E-state index contributed by atoms with van der Waals surface area (Å²) in [5, 5.41) is 9.95. The van der Waals surface area contributed by atoms with Crippen LogP contribution in [0.1, 0.15) is 37.2 Å². The van der Waals surface area contributed by atoms with Crippen molar-refractivity contribution in [1.82, 2.24) is 9.88 Å². The number of likely N-dealkylation sites (tertiary alicyclic amines) is 1. The molecule has 1 aliphatic rings. The summed E-state index contributed by atoms with van der Waals surface area (Å²) >= 11 is 0. The molecule has 1 saturated heterocycles. The number of aromatic nitrogens is 1. The van der Waals surface area contributed by atoms with Gasteiger partial charge >= 0.3 is 0 Å². The Morgan fingerprint density at radius 2 is 2.38 bits per heavy atom. The monoisotopic (exact) mass is 222 g/mol. The van der Waals surface area contributed by atoms with Crippen molar-refractivity contribution < 1.29 is 9.90 Å².